The normalized spacial score (nSPS) is 17.0. The van der Waals surface area contributed by atoms with Gasteiger partial charge in [-0.1, -0.05) is 136 Å². The molecule has 78 heavy (non-hydrogen) atoms. The maximum Gasteiger partial charge on any atom is 0.586 e. The summed E-state index contributed by atoms with van der Waals surface area (Å²) in [5.41, 5.74) is 21.7. The highest BCUT2D eigenvalue weighted by Crippen LogP contribution is 2.43. The number of hydrogen-bond donors (Lipinski definition) is 2. The molecule has 22 heteroatoms. The number of halogens is 5. The molecule has 0 aliphatic carbocycles. The number of hydrogen-bond acceptors (Lipinski definition) is 11. The molecule has 2 fully saturated rings. The van der Waals surface area contributed by atoms with Crippen molar-refractivity contribution in [2.75, 3.05) is 21.6 Å². The Morgan fingerprint density at radius 3 is 1.78 bits per heavy atom. The number of thioether (sulfide) groups is 2. The molecule has 3 aliphatic heterocycles. The van der Waals surface area contributed by atoms with Crippen LogP contribution >= 0.6 is 23.5 Å². The highest BCUT2D eigenvalue weighted by atomic mass is 32.2. The molecule has 4 N–H and O–H groups in total. The van der Waals surface area contributed by atoms with Crippen LogP contribution in [-0.4, -0.2) is 71.0 Å². The summed E-state index contributed by atoms with van der Waals surface area (Å²) < 4.78 is 75.7. The minimum atomic E-state index is -4.74. The standard InChI is InChI=1S/C28H27F3N6OS.C28H26F2N6O2S/c1-18(2)24-6-4-5-7-25(24)37-17-39-27(37)36-35-19(3)20-8-10-21(11-9-20)26(32)34-16-33-22-12-14-23(15-13-22)38-28(29,30)31;1-3-18(2)22-6-4-5-7-23(22)36-17-39-27(36)35-34-15-19-8-10-20(11-9-19)26(31)33-16-32-21-12-13-24-25(14-21)38-28(29,30)37-24/h4-16,18H,17H2,1-3H3,(H2,32,33,34);4-16,18H,3,17H2,1-2H3,(H2,31,32,33)/b35-19+,36-27-;34-15+,35-27-. The summed E-state index contributed by atoms with van der Waals surface area (Å²) in [6.07, 6.45) is -3.17. The minimum Gasteiger partial charge on any atom is -0.406 e. The number of fused-ring (bicyclic) bond motifs is 1. The Bertz CT molecular complexity index is 3330. The first-order chi connectivity index (χ1) is 37.4. The Labute approximate surface area is 456 Å². The number of nitrogens with zero attached hydrogens (tertiary/aromatic N) is 10. The van der Waals surface area contributed by atoms with Gasteiger partial charge in [0, 0.05) is 28.6 Å². The van der Waals surface area contributed by atoms with Crippen LogP contribution in [0.3, 0.4) is 0 Å². The van der Waals surface area contributed by atoms with E-state index in [2.05, 4.69) is 135 Å². The molecule has 0 bridgehead atoms. The Hall–Kier alpha value is -8.37. The first-order valence-corrected chi connectivity index (χ1v) is 26.3. The van der Waals surface area contributed by atoms with Gasteiger partial charge in [0.15, 0.2) is 21.8 Å². The number of anilines is 2. The van der Waals surface area contributed by atoms with Crippen molar-refractivity contribution in [3.8, 4) is 17.2 Å². The van der Waals surface area contributed by atoms with Crippen LogP contribution in [0.2, 0.25) is 0 Å². The van der Waals surface area contributed by atoms with E-state index in [1.807, 2.05) is 61.5 Å². The van der Waals surface area contributed by atoms with Crippen molar-refractivity contribution in [1.82, 2.24) is 0 Å². The van der Waals surface area contributed by atoms with Gasteiger partial charge in [0.25, 0.3) is 0 Å². The number of alkyl halides is 5. The van der Waals surface area contributed by atoms with Crippen molar-refractivity contribution in [2.45, 2.75) is 65.5 Å². The summed E-state index contributed by atoms with van der Waals surface area (Å²) in [6, 6.07) is 40.8. The predicted molar refractivity (Wildman–Crippen MR) is 307 cm³/mol. The lowest BCUT2D eigenvalue weighted by Gasteiger charge is -2.35. The zero-order valence-corrected chi connectivity index (χ0v) is 44.5. The first kappa shape index (κ1) is 55.9. The van der Waals surface area contributed by atoms with E-state index in [9.17, 15) is 22.0 Å². The average molecular weight is 1100 g/mol. The molecule has 3 aliphatic rings. The van der Waals surface area contributed by atoms with E-state index in [-0.39, 0.29) is 28.9 Å². The first-order valence-electron chi connectivity index (χ1n) is 24.3. The molecule has 9 rings (SSSR count). The van der Waals surface area contributed by atoms with Crippen LogP contribution in [0.5, 0.6) is 17.2 Å². The van der Waals surface area contributed by atoms with Crippen LogP contribution in [0.25, 0.3) is 0 Å². The predicted octanol–water partition coefficient (Wildman–Crippen LogP) is 13.6. The fourth-order valence-electron chi connectivity index (χ4n) is 7.64. The molecule has 402 valence electrons. The monoisotopic (exact) mass is 1100 g/mol. The van der Waals surface area contributed by atoms with E-state index >= 15 is 0 Å². The van der Waals surface area contributed by atoms with E-state index in [4.69, 9.17) is 11.5 Å². The van der Waals surface area contributed by atoms with Crippen molar-refractivity contribution in [3.05, 3.63) is 173 Å². The van der Waals surface area contributed by atoms with E-state index in [1.54, 1.807) is 29.7 Å². The summed E-state index contributed by atoms with van der Waals surface area (Å²) in [5, 5.41) is 19.3. The Morgan fingerprint density at radius 2 is 1.21 bits per heavy atom. The molecule has 1 atom stereocenters. The molecule has 0 amide bonds. The smallest absolute Gasteiger partial charge is 0.406 e. The molecule has 6 aromatic carbocycles. The number of ether oxygens (including phenoxy) is 3. The zero-order chi connectivity index (χ0) is 55.4. The molecule has 0 radical (unpaired) electrons. The van der Waals surface area contributed by atoms with Gasteiger partial charge in [0.05, 0.1) is 35.1 Å². The lowest BCUT2D eigenvalue weighted by Crippen LogP contribution is -2.39. The van der Waals surface area contributed by atoms with Crippen molar-refractivity contribution >= 4 is 92.9 Å². The lowest BCUT2D eigenvalue weighted by molar-refractivity contribution is -0.286. The van der Waals surface area contributed by atoms with Gasteiger partial charge in [-0.25, -0.2) is 20.0 Å². The third-order valence-corrected chi connectivity index (χ3v) is 13.9. The molecule has 6 aromatic rings. The average Bonchev–Trinajstić information content (AvgIpc) is 3.74. The van der Waals surface area contributed by atoms with Crippen LogP contribution in [0.1, 0.15) is 86.3 Å². The minimum absolute atomic E-state index is 0.0484. The molecular formula is C56H53F5N12O3S2. The lowest BCUT2D eigenvalue weighted by atomic mass is 9.96. The molecule has 0 saturated carbocycles. The summed E-state index contributed by atoms with van der Waals surface area (Å²) in [7, 11) is 0. The number of amidine groups is 4. The van der Waals surface area contributed by atoms with E-state index in [0.29, 0.717) is 34.3 Å². The van der Waals surface area contributed by atoms with Crippen LogP contribution in [0, 0.1) is 0 Å². The Kier molecular flexibility index (Phi) is 18.0. The topological polar surface area (TPSA) is 185 Å². The molecule has 0 spiro atoms. The van der Waals surface area contributed by atoms with Gasteiger partial charge in [-0.05, 0) is 96.0 Å². The van der Waals surface area contributed by atoms with E-state index in [1.165, 1.54) is 72.0 Å². The van der Waals surface area contributed by atoms with Gasteiger partial charge < -0.3 is 35.5 Å². The summed E-state index contributed by atoms with van der Waals surface area (Å²) in [4.78, 5) is 20.8. The second-order valence-corrected chi connectivity index (χ2v) is 19.6. The zero-order valence-electron chi connectivity index (χ0n) is 42.8. The summed E-state index contributed by atoms with van der Waals surface area (Å²) in [5.74, 6) is 2.59. The maximum atomic E-state index is 13.2. The Balaban J connectivity index is 0.000000206. The molecular weight excluding hydrogens is 1050 g/mol. The summed E-state index contributed by atoms with van der Waals surface area (Å²) >= 11 is 3.31. The largest absolute Gasteiger partial charge is 0.586 e. The molecule has 3 heterocycles. The van der Waals surface area contributed by atoms with Crippen molar-refractivity contribution in [2.24, 2.45) is 51.8 Å². The number of benzene rings is 6. The van der Waals surface area contributed by atoms with Gasteiger partial charge in [0.2, 0.25) is 0 Å². The van der Waals surface area contributed by atoms with Crippen molar-refractivity contribution < 1.29 is 36.2 Å². The second-order valence-electron chi connectivity index (χ2n) is 17.7. The van der Waals surface area contributed by atoms with Gasteiger partial charge in [-0.2, -0.15) is 10.2 Å². The molecule has 0 aromatic heterocycles. The third-order valence-electron chi connectivity index (χ3n) is 12.0. The maximum absolute atomic E-state index is 13.2. The number of nitrogens with two attached hydrogens (primary N) is 2. The van der Waals surface area contributed by atoms with Crippen LogP contribution < -0.4 is 35.5 Å². The Morgan fingerprint density at radius 1 is 0.679 bits per heavy atom. The van der Waals surface area contributed by atoms with Gasteiger partial charge >= 0.3 is 12.7 Å². The third kappa shape index (κ3) is 14.8. The van der Waals surface area contributed by atoms with Crippen LogP contribution in [0.4, 0.5) is 44.7 Å². The SMILES string of the molecule is C/C(=N\N=C1/SCN1c1ccccc1C(C)C)c1ccc(C(N)=NC=Nc2ccc(OC(F)(F)F)cc2)cc1.CCC(C)c1ccccc1N1CS/C1=N\N=C\c1ccc(C(N)=NC=Nc2ccc3c(c2)OC(F)(F)O3)cc1. The molecule has 15 nitrogen and oxygen atoms in total. The highest BCUT2D eigenvalue weighted by Gasteiger charge is 2.43. The number of rotatable bonds is 16. The van der Waals surface area contributed by atoms with Gasteiger partial charge in [0.1, 0.15) is 30.1 Å². The van der Waals surface area contributed by atoms with Crippen LogP contribution in [0.15, 0.2) is 180 Å². The quantitative estimate of drug-likeness (QED) is 0.0412. The number of aliphatic imine (C=N–C) groups is 4. The van der Waals surface area contributed by atoms with Crippen molar-refractivity contribution in [1.29, 1.82) is 0 Å². The summed E-state index contributed by atoms with van der Waals surface area (Å²) in [6.45, 7) is 10.7. The molecule has 1 unspecified atom stereocenters. The highest BCUT2D eigenvalue weighted by molar-refractivity contribution is 8.16. The second kappa shape index (κ2) is 25.2. The molecule has 2 saturated heterocycles. The number of para-hydroxylation sites is 2. The van der Waals surface area contributed by atoms with Crippen molar-refractivity contribution in [3.63, 3.8) is 0 Å². The van der Waals surface area contributed by atoms with Crippen LogP contribution in [-0.2, 0) is 0 Å². The van der Waals surface area contributed by atoms with E-state index < -0.39 is 12.7 Å². The fourth-order valence-corrected chi connectivity index (χ4v) is 9.06. The van der Waals surface area contributed by atoms with Gasteiger partial charge in [-0.15, -0.1) is 32.2 Å². The van der Waals surface area contributed by atoms with E-state index in [0.717, 1.165) is 51.0 Å². The van der Waals surface area contributed by atoms with Gasteiger partial charge in [-0.3, -0.25) is 0 Å². The fraction of sp³-hybridized carbons (Fsp3) is 0.214.